The van der Waals surface area contributed by atoms with Gasteiger partial charge in [-0.15, -0.1) is 4.72 Å². The SMILES string of the molecule is C[C@@H](N[S+]([O-])C(C)(C)C)c1cccc(C(F)F)c1CC#N. The van der Waals surface area contributed by atoms with Gasteiger partial charge in [0.25, 0.3) is 6.43 Å². The fourth-order valence-electron chi connectivity index (χ4n) is 1.92. The molecule has 116 valence electrons. The number of hydrogen-bond donors (Lipinski definition) is 1. The number of hydrogen-bond acceptors (Lipinski definition) is 3. The van der Waals surface area contributed by atoms with Crippen molar-refractivity contribution in [3.05, 3.63) is 34.9 Å². The molecule has 0 bridgehead atoms. The van der Waals surface area contributed by atoms with Gasteiger partial charge in [0, 0.05) is 16.9 Å². The molecule has 0 aliphatic heterocycles. The van der Waals surface area contributed by atoms with E-state index in [1.54, 1.807) is 13.0 Å². The van der Waals surface area contributed by atoms with Gasteiger partial charge in [-0.2, -0.15) is 5.26 Å². The molecule has 0 aliphatic rings. The third-order valence-corrected chi connectivity index (χ3v) is 4.73. The van der Waals surface area contributed by atoms with Crippen LogP contribution in [0.1, 0.15) is 56.9 Å². The van der Waals surface area contributed by atoms with Crippen molar-refractivity contribution in [2.24, 2.45) is 0 Å². The molecule has 1 rings (SSSR count). The van der Waals surface area contributed by atoms with E-state index in [1.165, 1.54) is 12.1 Å². The van der Waals surface area contributed by atoms with Gasteiger partial charge in [0.2, 0.25) is 0 Å². The molecular weight excluding hydrogens is 294 g/mol. The highest BCUT2D eigenvalue weighted by Crippen LogP contribution is 2.30. The second-order valence-corrected chi connectivity index (χ2v) is 7.77. The number of rotatable bonds is 5. The summed E-state index contributed by atoms with van der Waals surface area (Å²) < 4.78 is 40.7. The number of halogens is 2. The third kappa shape index (κ3) is 4.67. The lowest BCUT2D eigenvalue weighted by molar-refractivity contribution is 0.150. The summed E-state index contributed by atoms with van der Waals surface area (Å²) in [5.74, 6) is 0. The Morgan fingerprint density at radius 2 is 1.90 bits per heavy atom. The predicted molar refractivity (Wildman–Crippen MR) is 80.2 cm³/mol. The molecule has 0 saturated carbocycles. The fraction of sp³-hybridized carbons (Fsp3) is 0.533. The molecule has 1 aromatic rings. The largest absolute Gasteiger partial charge is 0.598 e. The Balaban J connectivity index is 3.12. The van der Waals surface area contributed by atoms with Crippen LogP contribution in [0.3, 0.4) is 0 Å². The van der Waals surface area contributed by atoms with Crippen LogP contribution in [0.4, 0.5) is 8.78 Å². The summed E-state index contributed by atoms with van der Waals surface area (Å²) in [6.07, 6.45) is -2.72. The van der Waals surface area contributed by atoms with Crippen LogP contribution in [0, 0.1) is 11.3 Å². The molecule has 21 heavy (non-hydrogen) atoms. The van der Waals surface area contributed by atoms with E-state index in [0.717, 1.165) is 0 Å². The summed E-state index contributed by atoms with van der Waals surface area (Å²) in [5, 5.41) is 8.87. The molecule has 1 unspecified atom stereocenters. The maximum Gasteiger partial charge on any atom is 0.264 e. The zero-order valence-electron chi connectivity index (χ0n) is 12.6. The minimum Gasteiger partial charge on any atom is -0.598 e. The van der Waals surface area contributed by atoms with E-state index in [1.807, 2.05) is 26.8 Å². The van der Waals surface area contributed by atoms with Crippen LogP contribution in [-0.2, 0) is 17.8 Å². The molecule has 0 saturated heterocycles. The minimum absolute atomic E-state index is 0.0932. The summed E-state index contributed by atoms with van der Waals surface area (Å²) in [7, 11) is 0. The molecule has 0 amide bonds. The minimum atomic E-state index is -2.63. The van der Waals surface area contributed by atoms with Crippen molar-refractivity contribution in [3.8, 4) is 6.07 Å². The number of nitrogens with zero attached hydrogens (tertiary/aromatic N) is 1. The van der Waals surface area contributed by atoms with E-state index < -0.39 is 22.5 Å². The second-order valence-electron chi connectivity index (χ2n) is 5.77. The third-order valence-electron chi connectivity index (χ3n) is 3.05. The number of alkyl halides is 2. The Bertz CT molecular complexity index is 523. The maximum absolute atomic E-state index is 13.1. The summed E-state index contributed by atoms with van der Waals surface area (Å²) >= 11 is -1.32. The standard InChI is InChI=1S/C15H20F2N2OS/c1-10(19-21(20)15(2,3)4)11-6-5-7-13(14(16)17)12(11)8-9-18/h5-7,10,14,19H,8H2,1-4H3/t10-,21?/m1/s1. The van der Waals surface area contributed by atoms with Crippen LogP contribution in [0.5, 0.6) is 0 Å². The van der Waals surface area contributed by atoms with Gasteiger partial charge in [-0.05, 0) is 38.8 Å². The summed E-state index contributed by atoms with van der Waals surface area (Å²) in [6.45, 7) is 7.24. The topological polar surface area (TPSA) is 58.9 Å². The molecule has 0 aliphatic carbocycles. The molecule has 0 heterocycles. The Morgan fingerprint density at radius 1 is 1.33 bits per heavy atom. The first-order chi connectivity index (χ1) is 9.68. The van der Waals surface area contributed by atoms with Gasteiger partial charge in [0.15, 0.2) is 0 Å². The van der Waals surface area contributed by atoms with Crippen LogP contribution < -0.4 is 4.72 Å². The van der Waals surface area contributed by atoms with Crippen LogP contribution in [0.15, 0.2) is 18.2 Å². The quantitative estimate of drug-likeness (QED) is 0.841. The van der Waals surface area contributed by atoms with E-state index in [-0.39, 0.29) is 18.0 Å². The highest BCUT2D eigenvalue weighted by Gasteiger charge is 2.29. The summed E-state index contributed by atoms with van der Waals surface area (Å²) in [6, 6.07) is 6.09. The first-order valence-electron chi connectivity index (χ1n) is 6.63. The Morgan fingerprint density at radius 3 is 2.38 bits per heavy atom. The van der Waals surface area contributed by atoms with Gasteiger partial charge in [0.1, 0.15) is 4.75 Å². The molecule has 6 heteroatoms. The first kappa shape index (κ1) is 17.9. The van der Waals surface area contributed by atoms with E-state index in [2.05, 4.69) is 4.72 Å². The van der Waals surface area contributed by atoms with Crippen molar-refractivity contribution in [3.63, 3.8) is 0 Å². The Hall–Kier alpha value is -1.16. The van der Waals surface area contributed by atoms with Gasteiger partial charge in [0.05, 0.1) is 18.5 Å². The monoisotopic (exact) mass is 314 g/mol. The van der Waals surface area contributed by atoms with Gasteiger partial charge in [-0.25, -0.2) is 8.78 Å². The summed E-state index contributed by atoms with van der Waals surface area (Å²) in [5.41, 5.74) is 0.775. The summed E-state index contributed by atoms with van der Waals surface area (Å²) in [4.78, 5) is 0. The van der Waals surface area contributed by atoms with Crippen molar-refractivity contribution in [2.45, 2.75) is 51.3 Å². The average Bonchev–Trinajstić information content (AvgIpc) is 2.37. The lowest BCUT2D eigenvalue weighted by atomic mass is 9.95. The molecule has 0 spiro atoms. The Labute approximate surface area is 127 Å². The molecular formula is C15H20F2N2OS. The van der Waals surface area contributed by atoms with E-state index in [0.29, 0.717) is 11.1 Å². The van der Waals surface area contributed by atoms with Gasteiger partial charge >= 0.3 is 0 Å². The fourth-order valence-corrected chi connectivity index (χ4v) is 2.72. The zero-order chi connectivity index (χ0) is 16.2. The predicted octanol–water partition coefficient (Wildman–Crippen LogP) is 3.80. The van der Waals surface area contributed by atoms with Crippen molar-refractivity contribution < 1.29 is 13.3 Å². The van der Waals surface area contributed by atoms with E-state index in [4.69, 9.17) is 5.26 Å². The number of nitrogens with one attached hydrogen (secondary N) is 1. The molecule has 0 radical (unpaired) electrons. The lowest BCUT2D eigenvalue weighted by Crippen LogP contribution is -2.40. The lowest BCUT2D eigenvalue weighted by Gasteiger charge is -2.27. The van der Waals surface area contributed by atoms with Crippen molar-refractivity contribution >= 4 is 11.4 Å². The van der Waals surface area contributed by atoms with Crippen molar-refractivity contribution in [2.75, 3.05) is 0 Å². The molecule has 0 aromatic heterocycles. The van der Waals surface area contributed by atoms with Crippen LogP contribution >= 0.6 is 0 Å². The normalized spacial score (nSPS) is 14.8. The number of nitriles is 1. The highest BCUT2D eigenvalue weighted by atomic mass is 32.2. The van der Waals surface area contributed by atoms with Crippen LogP contribution in [0.2, 0.25) is 0 Å². The average molecular weight is 314 g/mol. The smallest absolute Gasteiger partial charge is 0.264 e. The molecule has 2 atom stereocenters. The Kier molecular flexibility index (Phi) is 6.14. The highest BCUT2D eigenvalue weighted by molar-refractivity contribution is 7.90. The molecule has 3 nitrogen and oxygen atoms in total. The number of benzene rings is 1. The molecule has 1 aromatic carbocycles. The van der Waals surface area contributed by atoms with E-state index in [9.17, 15) is 13.3 Å². The van der Waals surface area contributed by atoms with Crippen molar-refractivity contribution in [1.29, 1.82) is 5.26 Å². The van der Waals surface area contributed by atoms with Crippen LogP contribution in [0.25, 0.3) is 0 Å². The first-order valence-corrected chi connectivity index (χ1v) is 7.78. The van der Waals surface area contributed by atoms with Crippen LogP contribution in [-0.4, -0.2) is 9.30 Å². The van der Waals surface area contributed by atoms with Gasteiger partial charge in [-0.1, -0.05) is 18.2 Å². The molecule has 0 fully saturated rings. The zero-order valence-corrected chi connectivity index (χ0v) is 13.4. The van der Waals surface area contributed by atoms with E-state index >= 15 is 0 Å². The maximum atomic E-state index is 13.1. The van der Waals surface area contributed by atoms with Gasteiger partial charge < -0.3 is 4.55 Å². The second kappa shape index (κ2) is 7.21. The van der Waals surface area contributed by atoms with Gasteiger partial charge in [-0.3, -0.25) is 0 Å². The molecule has 1 N–H and O–H groups in total. The van der Waals surface area contributed by atoms with Crippen molar-refractivity contribution in [1.82, 2.24) is 4.72 Å².